The van der Waals surface area contributed by atoms with Crippen molar-refractivity contribution in [1.29, 1.82) is 0 Å². The molecule has 0 aliphatic rings. The van der Waals surface area contributed by atoms with E-state index in [1.165, 1.54) is 0 Å². The molecule has 0 aliphatic carbocycles. The molecular formula is C13H13F4N3O. The number of aromatic nitrogens is 2. The third-order valence-electron chi connectivity index (χ3n) is 2.37. The van der Waals surface area contributed by atoms with Crippen LogP contribution in [-0.4, -0.2) is 15.7 Å². The molecule has 21 heavy (non-hydrogen) atoms. The third kappa shape index (κ3) is 3.59. The Morgan fingerprint density at radius 3 is 2.14 bits per heavy atom. The summed E-state index contributed by atoms with van der Waals surface area (Å²) in [5.74, 6) is -1.83. The number of benzene rings is 1. The van der Waals surface area contributed by atoms with Gasteiger partial charge in [-0.15, -0.1) is 0 Å². The van der Waals surface area contributed by atoms with Gasteiger partial charge in [-0.25, -0.2) is 9.07 Å². The molecule has 0 saturated heterocycles. The number of primary amides is 1. The van der Waals surface area contributed by atoms with Crippen molar-refractivity contribution in [2.24, 2.45) is 5.73 Å². The highest BCUT2D eigenvalue weighted by molar-refractivity contribution is 5.94. The molecular weight excluding hydrogens is 290 g/mol. The van der Waals surface area contributed by atoms with E-state index in [9.17, 15) is 22.4 Å². The molecule has 0 unspecified atom stereocenters. The van der Waals surface area contributed by atoms with Gasteiger partial charge in [-0.1, -0.05) is 13.8 Å². The Labute approximate surface area is 118 Å². The minimum Gasteiger partial charge on any atom is -0.365 e. The van der Waals surface area contributed by atoms with Crippen LogP contribution in [0.4, 0.5) is 17.6 Å². The van der Waals surface area contributed by atoms with Crippen LogP contribution in [0.1, 0.15) is 29.9 Å². The topological polar surface area (TPSA) is 60.9 Å². The summed E-state index contributed by atoms with van der Waals surface area (Å²) in [7, 11) is 0. The molecule has 0 atom stereocenters. The van der Waals surface area contributed by atoms with E-state index in [1.807, 2.05) is 13.8 Å². The van der Waals surface area contributed by atoms with Crippen molar-refractivity contribution in [3.63, 3.8) is 0 Å². The first-order chi connectivity index (χ1) is 9.80. The number of carbonyl (C=O) groups is 1. The van der Waals surface area contributed by atoms with Crippen LogP contribution in [0.15, 0.2) is 30.5 Å². The van der Waals surface area contributed by atoms with Gasteiger partial charge in [-0.2, -0.15) is 18.3 Å². The normalized spacial score (nSPS) is 10.8. The molecule has 2 aromatic rings. The van der Waals surface area contributed by atoms with Gasteiger partial charge in [0.15, 0.2) is 5.69 Å². The molecule has 1 amide bonds. The quantitative estimate of drug-likeness (QED) is 0.866. The minimum atomic E-state index is -4.81. The Hall–Kier alpha value is -2.38. The molecule has 0 spiro atoms. The molecule has 0 fully saturated rings. The number of rotatable bonds is 2. The van der Waals surface area contributed by atoms with Crippen LogP contribution in [0.25, 0.3) is 5.69 Å². The zero-order valence-electron chi connectivity index (χ0n) is 11.3. The van der Waals surface area contributed by atoms with E-state index in [0.29, 0.717) is 4.68 Å². The molecule has 0 radical (unpaired) electrons. The number of halogens is 4. The van der Waals surface area contributed by atoms with Crippen LogP contribution in [0.2, 0.25) is 0 Å². The van der Waals surface area contributed by atoms with Gasteiger partial charge in [0, 0.05) is 0 Å². The van der Waals surface area contributed by atoms with Gasteiger partial charge in [0.2, 0.25) is 0 Å². The Kier molecular flexibility index (Phi) is 5.07. The second-order valence-electron chi connectivity index (χ2n) is 3.66. The molecule has 8 heteroatoms. The van der Waals surface area contributed by atoms with E-state index in [0.717, 1.165) is 30.5 Å². The number of nitrogens with zero attached hydrogens (tertiary/aromatic N) is 2. The predicted octanol–water partition coefficient (Wildman–Crippen LogP) is 3.16. The fraction of sp³-hybridized carbons (Fsp3) is 0.231. The lowest BCUT2D eigenvalue weighted by Gasteiger charge is -2.11. The van der Waals surface area contributed by atoms with Crippen LogP contribution in [-0.2, 0) is 6.18 Å². The lowest BCUT2D eigenvalue weighted by atomic mass is 10.2. The maximum Gasteiger partial charge on any atom is 0.434 e. The lowest BCUT2D eigenvalue weighted by Crippen LogP contribution is -2.20. The van der Waals surface area contributed by atoms with E-state index in [-0.39, 0.29) is 5.69 Å². The summed E-state index contributed by atoms with van der Waals surface area (Å²) >= 11 is 0. The molecule has 1 heterocycles. The van der Waals surface area contributed by atoms with Crippen LogP contribution < -0.4 is 5.73 Å². The molecule has 1 aromatic carbocycles. The molecule has 4 nitrogen and oxygen atoms in total. The third-order valence-corrected chi connectivity index (χ3v) is 2.37. The van der Waals surface area contributed by atoms with Crippen LogP contribution in [0.3, 0.4) is 0 Å². The summed E-state index contributed by atoms with van der Waals surface area (Å²) in [6.07, 6.45) is -4.08. The second kappa shape index (κ2) is 6.38. The smallest absolute Gasteiger partial charge is 0.365 e. The number of carbonyl (C=O) groups excluding carboxylic acids is 1. The SMILES string of the molecule is CC.NC(=O)c1cnn(-c2ccc(F)cc2)c1C(F)(F)F. The number of hydrogen-bond acceptors (Lipinski definition) is 2. The summed E-state index contributed by atoms with van der Waals surface area (Å²) in [4.78, 5) is 11.0. The first kappa shape index (κ1) is 16.7. The van der Waals surface area contributed by atoms with Gasteiger partial charge >= 0.3 is 6.18 Å². The highest BCUT2D eigenvalue weighted by Crippen LogP contribution is 2.33. The highest BCUT2D eigenvalue weighted by atomic mass is 19.4. The van der Waals surface area contributed by atoms with Gasteiger partial charge in [-0.3, -0.25) is 4.79 Å². The van der Waals surface area contributed by atoms with E-state index in [4.69, 9.17) is 5.73 Å². The monoisotopic (exact) mass is 303 g/mol. The number of nitrogens with two attached hydrogens (primary N) is 1. The molecule has 1 aromatic heterocycles. The average molecular weight is 303 g/mol. The number of alkyl halides is 3. The second-order valence-corrected chi connectivity index (χ2v) is 3.66. The van der Waals surface area contributed by atoms with Crippen molar-refractivity contribution in [3.05, 3.63) is 47.5 Å². The zero-order chi connectivity index (χ0) is 16.2. The summed E-state index contributed by atoms with van der Waals surface area (Å²) in [6, 6.07) is 4.20. The number of hydrogen-bond donors (Lipinski definition) is 1. The zero-order valence-corrected chi connectivity index (χ0v) is 11.3. The summed E-state index contributed by atoms with van der Waals surface area (Å²) in [5, 5.41) is 3.48. The van der Waals surface area contributed by atoms with Crippen molar-refractivity contribution in [2.75, 3.05) is 0 Å². The first-order valence-corrected chi connectivity index (χ1v) is 6.01. The van der Waals surface area contributed by atoms with Gasteiger partial charge in [-0.05, 0) is 24.3 Å². The van der Waals surface area contributed by atoms with E-state index in [1.54, 1.807) is 0 Å². The van der Waals surface area contributed by atoms with Gasteiger partial charge in [0.1, 0.15) is 5.82 Å². The summed E-state index contributed by atoms with van der Waals surface area (Å²) < 4.78 is 52.0. The Balaban J connectivity index is 0.00000106. The molecule has 2 rings (SSSR count). The molecule has 0 saturated carbocycles. The number of amides is 1. The lowest BCUT2D eigenvalue weighted by molar-refractivity contribution is -0.143. The van der Waals surface area contributed by atoms with E-state index < -0.39 is 29.2 Å². The van der Waals surface area contributed by atoms with Crippen molar-refractivity contribution in [2.45, 2.75) is 20.0 Å². The first-order valence-electron chi connectivity index (χ1n) is 6.01. The van der Waals surface area contributed by atoms with Crippen molar-refractivity contribution < 1.29 is 22.4 Å². The standard InChI is InChI=1S/C11H7F4N3O.C2H6/c12-6-1-3-7(4-2-6)18-9(11(13,14)15)8(5-17-18)10(16)19;1-2/h1-5H,(H2,16,19);1-2H3. The minimum absolute atomic E-state index is 0.0266. The predicted molar refractivity (Wildman–Crippen MR) is 68.4 cm³/mol. The summed E-state index contributed by atoms with van der Waals surface area (Å²) in [5.41, 5.74) is 2.82. The maximum atomic E-state index is 12.9. The largest absolute Gasteiger partial charge is 0.434 e. The fourth-order valence-corrected chi connectivity index (χ4v) is 1.58. The van der Waals surface area contributed by atoms with Crippen LogP contribution >= 0.6 is 0 Å². The van der Waals surface area contributed by atoms with Gasteiger partial charge < -0.3 is 5.73 Å². The van der Waals surface area contributed by atoms with Crippen LogP contribution in [0.5, 0.6) is 0 Å². The van der Waals surface area contributed by atoms with Crippen molar-refractivity contribution >= 4 is 5.91 Å². The highest BCUT2D eigenvalue weighted by Gasteiger charge is 2.40. The van der Waals surface area contributed by atoms with Crippen molar-refractivity contribution in [3.8, 4) is 5.69 Å². The Morgan fingerprint density at radius 2 is 1.71 bits per heavy atom. The molecule has 2 N–H and O–H groups in total. The van der Waals surface area contributed by atoms with Crippen LogP contribution in [0, 0.1) is 5.82 Å². The van der Waals surface area contributed by atoms with E-state index in [2.05, 4.69) is 5.10 Å². The maximum absolute atomic E-state index is 12.9. The summed E-state index contributed by atoms with van der Waals surface area (Å²) in [6.45, 7) is 4.00. The Bertz CT molecular complexity index is 617. The molecule has 0 bridgehead atoms. The molecule has 114 valence electrons. The van der Waals surface area contributed by atoms with Crippen molar-refractivity contribution in [1.82, 2.24) is 9.78 Å². The average Bonchev–Trinajstić information content (AvgIpc) is 2.87. The molecule has 0 aliphatic heterocycles. The van der Waals surface area contributed by atoms with Gasteiger partial charge in [0.05, 0.1) is 17.4 Å². The van der Waals surface area contributed by atoms with E-state index >= 15 is 0 Å². The van der Waals surface area contributed by atoms with Gasteiger partial charge in [0.25, 0.3) is 5.91 Å². The Morgan fingerprint density at radius 1 is 1.19 bits per heavy atom. The fourth-order valence-electron chi connectivity index (χ4n) is 1.58.